The first-order valence-corrected chi connectivity index (χ1v) is 10.6. The average Bonchev–Trinajstić information content (AvgIpc) is 3.16. The topological polar surface area (TPSA) is 39.7 Å². The standard InChI is InChI=1S/C21H24BrClFNO3/c1-2-26-20-9-14(11-25-12-17-4-3-7-27-17)8-18(22)21(20)28-13-15-5-6-16(24)10-19(15)23/h5-6,8-10,17,25H,2-4,7,11-13H2,1H3/t17-/m0/s1. The van der Waals surface area contributed by atoms with Gasteiger partial charge < -0.3 is 19.5 Å². The van der Waals surface area contributed by atoms with Gasteiger partial charge in [-0.2, -0.15) is 0 Å². The van der Waals surface area contributed by atoms with E-state index in [1.54, 1.807) is 6.07 Å². The molecule has 0 amide bonds. The van der Waals surface area contributed by atoms with E-state index in [1.807, 2.05) is 19.1 Å². The van der Waals surface area contributed by atoms with Gasteiger partial charge in [0.2, 0.25) is 0 Å². The zero-order valence-corrected chi connectivity index (χ0v) is 18.1. The van der Waals surface area contributed by atoms with Gasteiger partial charge in [-0.3, -0.25) is 0 Å². The molecule has 4 nitrogen and oxygen atoms in total. The molecule has 3 rings (SSSR count). The van der Waals surface area contributed by atoms with Gasteiger partial charge in [-0.05, 0) is 65.5 Å². The molecule has 0 unspecified atom stereocenters. The number of hydrogen-bond acceptors (Lipinski definition) is 4. The van der Waals surface area contributed by atoms with Gasteiger partial charge in [0.05, 0.1) is 22.2 Å². The van der Waals surface area contributed by atoms with Crippen molar-refractivity contribution in [1.29, 1.82) is 0 Å². The third-order valence-electron chi connectivity index (χ3n) is 4.48. The Hall–Kier alpha value is -1.34. The number of benzene rings is 2. The fraction of sp³-hybridized carbons (Fsp3) is 0.429. The van der Waals surface area contributed by atoms with Gasteiger partial charge in [0, 0.05) is 25.3 Å². The zero-order chi connectivity index (χ0) is 19.9. The van der Waals surface area contributed by atoms with Gasteiger partial charge in [-0.15, -0.1) is 0 Å². The summed E-state index contributed by atoms with van der Waals surface area (Å²) >= 11 is 9.67. The average molecular weight is 473 g/mol. The highest BCUT2D eigenvalue weighted by atomic mass is 79.9. The van der Waals surface area contributed by atoms with E-state index in [9.17, 15) is 4.39 Å². The van der Waals surface area contributed by atoms with Crippen LogP contribution in [0.5, 0.6) is 11.5 Å². The van der Waals surface area contributed by atoms with Crippen molar-refractivity contribution in [3.05, 3.63) is 56.8 Å². The van der Waals surface area contributed by atoms with Gasteiger partial charge in [0.25, 0.3) is 0 Å². The molecule has 28 heavy (non-hydrogen) atoms. The minimum absolute atomic E-state index is 0.217. The largest absolute Gasteiger partial charge is 0.490 e. The maximum atomic E-state index is 13.2. The highest BCUT2D eigenvalue weighted by molar-refractivity contribution is 9.10. The monoisotopic (exact) mass is 471 g/mol. The Morgan fingerprint density at radius 1 is 1.29 bits per heavy atom. The van der Waals surface area contributed by atoms with Gasteiger partial charge >= 0.3 is 0 Å². The second-order valence-electron chi connectivity index (χ2n) is 6.63. The summed E-state index contributed by atoms with van der Waals surface area (Å²) in [6.07, 6.45) is 2.55. The first-order valence-electron chi connectivity index (χ1n) is 9.41. The van der Waals surface area contributed by atoms with Crippen molar-refractivity contribution in [3.63, 3.8) is 0 Å². The van der Waals surface area contributed by atoms with E-state index in [2.05, 4.69) is 21.2 Å². The molecule has 2 aromatic carbocycles. The molecule has 0 spiro atoms. The SMILES string of the molecule is CCOc1cc(CNC[C@@H]2CCCO2)cc(Br)c1OCc1ccc(F)cc1Cl. The first-order chi connectivity index (χ1) is 13.6. The third-order valence-corrected chi connectivity index (χ3v) is 5.42. The maximum absolute atomic E-state index is 13.2. The summed E-state index contributed by atoms with van der Waals surface area (Å²) in [5.74, 6) is 0.888. The number of halogens is 3. The van der Waals surface area contributed by atoms with E-state index < -0.39 is 0 Å². The van der Waals surface area contributed by atoms with E-state index >= 15 is 0 Å². The quantitative estimate of drug-likeness (QED) is 0.524. The van der Waals surface area contributed by atoms with E-state index in [0.717, 1.165) is 36.0 Å². The Labute approximate surface area is 178 Å². The Bertz CT molecular complexity index is 799. The van der Waals surface area contributed by atoms with Gasteiger partial charge in [0.1, 0.15) is 12.4 Å². The highest BCUT2D eigenvalue weighted by Crippen LogP contribution is 2.38. The highest BCUT2D eigenvalue weighted by Gasteiger charge is 2.16. The van der Waals surface area contributed by atoms with E-state index in [4.69, 9.17) is 25.8 Å². The molecule has 1 aliphatic heterocycles. The molecule has 1 heterocycles. The molecule has 0 aromatic heterocycles. The number of nitrogens with one attached hydrogen (secondary N) is 1. The van der Waals surface area contributed by atoms with Crippen LogP contribution in [0, 0.1) is 5.82 Å². The van der Waals surface area contributed by atoms with Crippen LogP contribution in [0.15, 0.2) is 34.8 Å². The third kappa shape index (κ3) is 5.83. The Balaban J connectivity index is 1.67. The summed E-state index contributed by atoms with van der Waals surface area (Å²) < 4.78 is 31.4. The molecule has 7 heteroatoms. The van der Waals surface area contributed by atoms with E-state index in [0.29, 0.717) is 41.3 Å². The lowest BCUT2D eigenvalue weighted by atomic mass is 10.2. The van der Waals surface area contributed by atoms with Gasteiger partial charge in [0.15, 0.2) is 11.5 Å². The van der Waals surface area contributed by atoms with Crippen molar-refractivity contribution < 1.29 is 18.6 Å². The lowest BCUT2D eigenvalue weighted by Gasteiger charge is -2.17. The fourth-order valence-corrected chi connectivity index (χ4v) is 3.92. The van der Waals surface area contributed by atoms with Gasteiger partial charge in [-0.1, -0.05) is 17.7 Å². The summed E-state index contributed by atoms with van der Waals surface area (Å²) in [7, 11) is 0. The number of hydrogen-bond donors (Lipinski definition) is 1. The van der Waals surface area contributed by atoms with Crippen LogP contribution in [0.3, 0.4) is 0 Å². The minimum atomic E-state index is -0.371. The second-order valence-corrected chi connectivity index (χ2v) is 7.89. The van der Waals surface area contributed by atoms with E-state index in [-0.39, 0.29) is 12.4 Å². The predicted octanol–water partition coefficient (Wildman–Crippen LogP) is 5.49. The summed E-state index contributed by atoms with van der Waals surface area (Å²) in [4.78, 5) is 0. The molecule has 1 aliphatic rings. The predicted molar refractivity (Wildman–Crippen MR) is 112 cm³/mol. The molecular weight excluding hydrogens is 449 g/mol. The second kappa shape index (κ2) is 10.4. The molecule has 0 aliphatic carbocycles. The number of ether oxygens (including phenoxy) is 3. The van der Waals surface area contributed by atoms with Crippen LogP contribution in [0.1, 0.15) is 30.9 Å². The van der Waals surface area contributed by atoms with Crippen LogP contribution in [0.4, 0.5) is 4.39 Å². The smallest absolute Gasteiger partial charge is 0.175 e. The molecule has 1 fully saturated rings. The summed E-state index contributed by atoms with van der Waals surface area (Å²) in [5.41, 5.74) is 1.79. The molecule has 2 aromatic rings. The molecular formula is C21H24BrClFNO3. The molecule has 0 bridgehead atoms. The van der Waals surface area contributed by atoms with Gasteiger partial charge in [-0.25, -0.2) is 4.39 Å². The summed E-state index contributed by atoms with van der Waals surface area (Å²) in [6.45, 7) is 5.07. The van der Waals surface area contributed by atoms with Crippen LogP contribution in [-0.2, 0) is 17.9 Å². The maximum Gasteiger partial charge on any atom is 0.175 e. The van der Waals surface area contributed by atoms with Crippen LogP contribution < -0.4 is 14.8 Å². The van der Waals surface area contributed by atoms with E-state index in [1.165, 1.54) is 12.1 Å². The lowest BCUT2D eigenvalue weighted by molar-refractivity contribution is 0.110. The molecule has 1 N–H and O–H groups in total. The fourth-order valence-electron chi connectivity index (χ4n) is 3.10. The Morgan fingerprint density at radius 3 is 2.86 bits per heavy atom. The number of rotatable bonds is 9. The van der Waals surface area contributed by atoms with Crippen molar-refractivity contribution in [3.8, 4) is 11.5 Å². The van der Waals surface area contributed by atoms with Crippen LogP contribution in [-0.4, -0.2) is 25.9 Å². The first kappa shape index (κ1) is 21.4. The minimum Gasteiger partial charge on any atom is -0.490 e. The Kier molecular flexibility index (Phi) is 7.97. The van der Waals surface area contributed by atoms with Crippen molar-refractivity contribution in [1.82, 2.24) is 5.32 Å². The zero-order valence-electron chi connectivity index (χ0n) is 15.8. The molecule has 152 valence electrons. The molecule has 1 atom stereocenters. The van der Waals surface area contributed by atoms with Crippen molar-refractivity contribution in [2.24, 2.45) is 0 Å². The van der Waals surface area contributed by atoms with Crippen LogP contribution in [0.2, 0.25) is 5.02 Å². The normalized spacial score (nSPS) is 16.4. The summed E-state index contributed by atoms with van der Waals surface area (Å²) in [5, 5.41) is 3.77. The lowest BCUT2D eigenvalue weighted by Crippen LogP contribution is -2.25. The molecule has 0 radical (unpaired) electrons. The van der Waals surface area contributed by atoms with Crippen molar-refractivity contribution in [2.75, 3.05) is 19.8 Å². The Morgan fingerprint density at radius 2 is 2.14 bits per heavy atom. The van der Waals surface area contributed by atoms with Crippen molar-refractivity contribution >= 4 is 27.5 Å². The van der Waals surface area contributed by atoms with Crippen LogP contribution >= 0.6 is 27.5 Å². The molecule has 1 saturated heterocycles. The van der Waals surface area contributed by atoms with Crippen molar-refractivity contribution in [2.45, 2.75) is 39.0 Å². The summed E-state index contributed by atoms with van der Waals surface area (Å²) in [6, 6.07) is 8.24. The van der Waals surface area contributed by atoms with Crippen LogP contribution in [0.25, 0.3) is 0 Å². The molecule has 0 saturated carbocycles.